The van der Waals surface area contributed by atoms with Crippen molar-refractivity contribution in [3.05, 3.63) is 35.9 Å². The highest BCUT2D eigenvalue weighted by atomic mass is 32.1. The van der Waals surface area contributed by atoms with Crippen LogP contribution < -0.4 is 21.7 Å². The number of hydrogen-bond acceptors (Lipinski definition) is 6. The van der Waals surface area contributed by atoms with Crippen molar-refractivity contribution in [2.45, 2.75) is 64.7 Å². The Hall–Kier alpha value is -2.59. The lowest BCUT2D eigenvalue weighted by Gasteiger charge is -2.26. The molecule has 0 aliphatic carbocycles. The first-order valence-electron chi connectivity index (χ1n) is 11.0. The number of carbonyl (C=O) groups is 4. The average molecular weight is 481 g/mol. The number of thiol groups is 1. The fourth-order valence-corrected chi connectivity index (χ4v) is 3.33. The number of carboxylic acid groups (broad SMARTS) is 1. The Morgan fingerprint density at radius 2 is 1.45 bits per heavy atom. The van der Waals surface area contributed by atoms with E-state index in [2.05, 4.69) is 28.6 Å². The Kier molecular flexibility index (Phi) is 11.9. The first kappa shape index (κ1) is 28.4. The summed E-state index contributed by atoms with van der Waals surface area (Å²) >= 11 is 4.01. The number of aliphatic carboxylic acids is 1. The number of rotatable bonds is 13. The second-order valence-electron chi connectivity index (χ2n) is 8.80. The molecule has 6 N–H and O–H groups in total. The molecule has 0 fully saturated rings. The summed E-state index contributed by atoms with van der Waals surface area (Å²) < 4.78 is 0. The SMILES string of the molecule is CC(C)CC(NC(=O)C(N)CS)C(=O)NC(Cc1ccccc1)C(=O)NC(C(=O)O)C(C)C. The predicted octanol–water partition coefficient (Wildman–Crippen LogP) is 0.727. The summed E-state index contributed by atoms with van der Waals surface area (Å²) in [5, 5.41) is 17.3. The molecule has 0 bridgehead atoms. The lowest BCUT2D eigenvalue weighted by atomic mass is 9.99. The second-order valence-corrected chi connectivity index (χ2v) is 9.16. The molecule has 1 aromatic rings. The molecule has 0 aliphatic heterocycles. The molecule has 0 spiro atoms. The molecule has 9 nitrogen and oxygen atoms in total. The Morgan fingerprint density at radius 3 is 1.94 bits per heavy atom. The molecule has 0 aromatic heterocycles. The number of benzene rings is 1. The van der Waals surface area contributed by atoms with E-state index in [1.807, 2.05) is 32.0 Å². The normalized spacial score (nSPS) is 14.8. The molecule has 0 aliphatic rings. The van der Waals surface area contributed by atoms with Gasteiger partial charge in [0.15, 0.2) is 0 Å². The number of hydrogen-bond donors (Lipinski definition) is 6. The minimum Gasteiger partial charge on any atom is -0.480 e. The van der Waals surface area contributed by atoms with Crippen LogP contribution in [0, 0.1) is 11.8 Å². The van der Waals surface area contributed by atoms with E-state index in [-0.39, 0.29) is 24.0 Å². The smallest absolute Gasteiger partial charge is 0.326 e. The summed E-state index contributed by atoms with van der Waals surface area (Å²) in [7, 11) is 0. The molecule has 10 heteroatoms. The van der Waals surface area contributed by atoms with Gasteiger partial charge in [0.1, 0.15) is 18.1 Å². The molecule has 0 saturated heterocycles. The zero-order valence-electron chi connectivity index (χ0n) is 19.6. The van der Waals surface area contributed by atoms with E-state index < -0.39 is 47.9 Å². The van der Waals surface area contributed by atoms with Gasteiger partial charge in [-0.2, -0.15) is 12.6 Å². The molecule has 0 heterocycles. The zero-order chi connectivity index (χ0) is 25.1. The molecule has 1 aromatic carbocycles. The van der Waals surface area contributed by atoms with Crippen LogP contribution in [0.2, 0.25) is 0 Å². The fourth-order valence-electron chi connectivity index (χ4n) is 3.16. The lowest BCUT2D eigenvalue weighted by molar-refractivity contribution is -0.143. The molecule has 184 valence electrons. The first-order chi connectivity index (χ1) is 15.5. The molecular formula is C23H36N4O5S. The van der Waals surface area contributed by atoms with Crippen molar-refractivity contribution in [1.29, 1.82) is 0 Å². The second kappa shape index (κ2) is 13.8. The van der Waals surface area contributed by atoms with E-state index in [9.17, 15) is 24.3 Å². The van der Waals surface area contributed by atoms with Gasteiger partial charge in [-0.25, -0.2) is 4.79 Å². The third kappa shape index (κ3) is 9.83. The molecule has 0 radical (unpaired) electrons. The zero-order valence-corrected chi connectivity index (χ0v) is 20.5. The van der Waals surface area contributed by atoms with Gasteiger partial charge in [0.2, 0.25) is 17.7 Å². The minimum absolute atomic E-state index is 0.0759. The van der Waals surface area contributed by atoms with E-state index in [0.29, 0.717) is 6.42 Å². The maximum absolute atomic E-state index is 13.1. The number of carboxylic acids is 1. The largest absolute Gasteiger partial charge is 0.480 e. The third-order valence-corrected chi connectivity index (χ3v) is 5.41. The summed E-state index contributed by atoms with van der Waals surface area (Å²) in [6.07, 6.45) is 0.488. The molecular weight excluding hydrogens is 444 g/mol. The Morgan fingerprint density at radius 1 is 0.909 bits per heavy atom. The van der Waals surface area contributed by atoms with Crippen LogP contribution in [0.3, 0.4) is 0 Å². The van der Waals surface area contributed by atoms with Gasteiger partial charge < -0.3 is 26.8 Å². The maximum Gasteiger partial charge on any atom is 0.326 e. The van der Waals surface area contributed by atoms with Crippen LogP contribution in [0.1, 0.15) is 39.7 Å². The van der Waals surface area contributed by atoms with E-state index in [1.54, 1.807) is 26.0 Å². The quantitative estimate of drug-likeness (QED) is 0.229. The van der Waals surface area contributed by atoms with Crippen molar-refractivity contribution < 1.29 is 24.3 Å². The van der Waals surface area contributed by atoms with E-state index >= 15 is 0 Å². The summed E-state index contributed by atoms with van der Waals surface area (Å²) in [6.45, 7) is 7.17. The van der Waals surface area contributed by atoms with E-state index in [1.165, 1.54) is 0 Å². The molecule has 4 unspecified atom stereocenters. The fraction of sp³-hybridized carbons (Fsp3) is 0.565. The van der Waals surface area contributed by atoms with Crippen LogP contribution in [0.5, 0.6) is 0 Å². The number of carbonyl (C=O) groups excluding carboxylic acids is 3. The van der Waals surface area contributed by atoms with E-state index in [0.717, 1.165) is 5.56 Å². The Bertz CT molecular complexity index is 803. The topological polar surface area (TPSA) is 151 Å². The van der Waals surface area contributed by atoms with Crippen LogP contribution >= 0.6 is 12.6 Å². The van der Waals surface area contributed by atoms with Crippen LogP contribution in [-0.2, 0) is 25.6 Å². The summed E-state index contributed by atoms with van der Waals surface area (Å²) in [5.74, 6) is -2.99. The van der Waals surface area contributed by atoms with Gasteiger partial charge in [-0.3, -0.25) is 14.4 Å². The van der Waals surface area contributed by atoms with Gasteiger partial charge in [-0.1, -0.05) is 58.0 Å². The minimum atomic E-state index is -1.16. The van der Waals surface area contributed by atoms with Crippen LogP contribution in [-0.4, -0.2) is 58.7 Å². The Balaban J connectivity index is 3.11. The van der Waals surface area contributed by atoms with Crippen molar-refractivity contribution in [1.82, 2.24) is 16.0 Å². The van der Waals surface area contributed by atoms with Gasteiger partial charge >= 0.3 is 5.97 Å². The number of nitrogens with one attached hydrogen (secondary N) is 3. The molecule has 4 atom stereocenters. The highest BCUT2D eigenvalue weighted by Crippen LogP contribution is 2.10. The van der Waals surface area contributed by atoms with Gasteiger partial charge in [-0.15, -0.1) is 0 Å². The third-order valence-electron chi connectivity index (χ3n) is 5.02. The van der Waals surface area contributed by atoms with Crippen molar-refractivity contribution >= 4 is 36.3 Å². The highest BCUT2D eigenvalue weighted by molar-refractivity contribution is 7.80. The van der Waals surface area contributed by atoms with Gasteiger partial charge in [0.05, 0.1) is 6.04 Å². The molecule has 1 rings (SSSR count). The van der Waals surface area contributed by atoms with Crippen molar-refractivity contribution in [3.63, 3.8) is 0 Å². The maximum atomic E-state index is 13.1. The van der Waals surface area contributed by atoms with Crippen molar-refractivity contribution in [2.24, 2.45) is 17.6 Å². The van der Waals surface area contributed by atoms with Crippen molar-refractivity contribution in [3.8, 4) is 0 Å². The standard InChI is InChI=1S/C23H36N4O5S/c1-13(2)10-17(25-20(28)16(24)12-33)21(29)26-18(11-15-8-6-5-7-9-15)22(30)27-19(14(3)4)23(31)32/h5-9,13-14,16-19,33H,10-12,24H2,1-4H3,(H,25,28)(H,26,29)(H,27,30)(H,31,32). The lowest BCUT2D eigenvalue weighted by Crippen LogP contribution is -2.58. The predicted molar refractivity (Wildman–Crippen MR) is 130 cm³/mol. The van der Waals surface area contributed by atoms with Crippen LogP contribution in [0.15, 0.2) is 30.3 Å². The molecule has 3 amide bonds. The molecule has 0 saturated carbocycles. The number of amides is 3. The van der Waals surface area contributed by atoms with Gasteiger partial charge in [0.25, 0.3) is 0 Å². The highest BCUT2D eigenvalue weighted by Gasteiger charge is 2.31. The van der Waals surface area contributed by atoms with Crippen molar-refractivity contribution in [2.75, 3.05) is 5.75 Å². The molecule has 33 heavy (non-hydrogen) atoms. The summed E-state index contributed by atoms with van der Waals surface area (Å²) in [5.41, 5.74) is 6.51. The average Bonchev–Trinajstić information content (AvgIpc) is 2.75. The van der Waals surface area contributed by atoms with Crippen LogP contribution in [0.4, 0.5) is 0 Å². The van der Waals surface area contributed by atoms with E-state index in [4.69, 9.17) is 5.73 Å². The monoisotopic (exact) mass is 480 g/mol. The summed E-state index contributed by atoms with van der Waals surface area (Å²) in [6, 6.07) is 5.14. The Labute approximate surface area is 200 Å². The van der Waals surface area contributed by atoms with Gasteiger partial charge in [-0.05, 0) is 23.8 Å². The van der Waals surface area contributed by atoms with Crippen LogP contribution in [0.25, 0.3) is 0 Å². The number of nitrogens with two attached hydrogens (primary N) is 1. The summed E-state index contributed by atoms with van der Waals surface area (Å²) in [4.78, 5) is 49.9. The first-order valence-corrected chi connectivity index (χ1v) is 11.6. The van der Waals surface area contributed by atoms with Gasteiger partial charge in [0, 0.05) is 12.2 Å².